The fraction of sp³-hybridized carbons (Fsp3) is 0.625. The largest absolute Gasteiger partial charge is 0.478 e. The van der Waals surface area contributed by atoms with Crippen molar-refractivity contribution in [1.29, 1.82) is 0 Å². The molecule has 0 fully saturated rings. The number of carboxylic acids is 1. The van der Waals surface area contributed by atoms with Gasteiger partial charge in [-0.25, -0.2) is 4.79 Å². The molecule has 0 saturated carbocycles. The van der Waals surface area contributed by atoms with E-state index in [-0.39, 0.29) is 0 Å². The van der Waals surface area contributed by atoms with E-state index in [0.717, 1.165) is 6.08 Å². The summed E-state index contributed by atoms with van der Waals surface area (Å²) in [6.45, 7) is 3.63. The minimum atomic E-state index is -1.02. The van der Waals surface area contributed by atoms with Gasteiger partial charge >= 0.3 is 5.97 Å². The minimum absolute atomic E-state index is 0.535. The second-order valence-corrected chi connectivity index (χ2v) is 2.48. The Hall–Kier alpha value is -0.830. The van der Waals surface area contributed by atoms with Crippen molar-refractivity contribution >= 4 is 5.97 Å². The van der Waals surface area contributed by atoms with Crippen molar-refractivity contribution in [3.63, 3.8) is 0 Å². The zero-order chi connectivity index (χ0) is 8.91. The molecule has 64 valence electrons. The van der Waals surface area contributed by atoms with E-state index in [0.29, 0.717) is 12.8 Å². The summed E-state index contributed by atoms with van der Waals surface area (Å²) in [6, 6.07) is 0. The number of aliphatic carboxylic acids is 1. The van der Waals surface area contributed by atoms with Crippen molar-refractivity contribution < 1.29 is 15.0 Å². The van der Waals surface area contributed by atoms with Crippen LogP contribution in [0.2, 0.25) is 0 Å². The Morgan fingerprint density at radius 1 is 1.45 bits per heavy atom. The topological polar surface area (TPSA) is 57.5 Å². The molecule has 0 spiro atoms. The van der Waals surface area contributed by atoms with Crippen molar-refractivity contribution in [3.05, 3.63) is 12.2 Å². The van der Waals surface area contributed by atoms with Gasteiger partial charge in [-0.3, -0.25) is 0 Å². The summed E-state index contributed by atoms with van der Waals surface area (Å²) in [7, 11) is 0. The molecular weight excluding hydrogens is 144 g/mol. The predicted octanol–water partition coefficient (Wildman–Crippen LogP) is 1.18. The van der Waals surface area contributed by atoms with Crippen molar-refractivity contribution in [3.8, 4) is 0 Å². The molecule has 3 heteroatoms. The van der Waals surface area contributed by atoms with Gasteiger partial charge in [-0.1, -0.05) is 13.8 Å². The van der Waals surface area contributed by atoms with Crippen molar-refractivity contribution in [2.24, 2.45) is 0 Å². The number of hydrogen-bond acceptors (Lipinski definition) is 2. The first kappa shape index (κ1) is 10.2. The molecule has 0 unspecified atom stereocenters. The van der Waals surface area contributed by atoms with Gasteiger partial charge in [0.25, 0.3) is 0 Å². The summed E-state index contributed by atoms with van der Waals surface area (Å²) in [4.78, 5) is 10.1. The van der Waals surface area contributed by atoms with Crippen LogP contribution < -0.4 is 0 Å². The van der Waals surface area contributed by atoms with Gasteiger partial charge in [-0.2, -0.15) is 0 Å². The summed E-state index contributed by atoms with van der Waals surface area (Å²) in [5.74, 6) is -1.02. The van der Waals surface area contributed by atoms with E-state index >= 15 is 0 Å². The van der Waals surface area contributed by atoms with E-state index in [4.69, 9.17) is 5.11 Å². The van der Waals surface area contributed by atoms with Crippen LogP contribution in [-0.4, -0.2) is 21.8 Å². The zero-order valence-corrected chi connectivity index (χ0v) is 6.87. The van der Waals surface area contributed by atoms with Gasteiger partial charge in [0.05, 0.1) is 5.60 Å². The number of rotatable bonds is 4. The van der Waals surface area contributed by atoms with Crippen LogP contribution in [0.4, 0.5) is 0 Å². The molecule has 3 nitrogen and oxygen atoms in total. The van der Waals surface area contributed by atoms with Gasteiger partial charge in [-0.05, 0) is 18.9 Å². The van der Waals surface area contributed by atoms with Crippen LogP contribution in [0.3, 0.4) is 0 Å². The van der Waals surface area contributed by atoms with Gasteiger partial charge in [0.2, 0.25) is 0 Å². The van der Waals surface area contributed by atoms with E-state index in [2.05, 4.69) is 0 Å². The average molecular weight is 158 g/mol. The molecule has 0 aliphatic carbocycles. The Morgan fingerprint density at radius 2 is 1.91 bits per heavy atom. The Morgan fingerprint density at radius 3 is 2.18 bits per heavy atom. The fourth-order valence-electron chi connectivity index (χ4n) is 0.712. The molecule has 0 rings (SSSR count). The smallest absolute Gasteiger partial charge is 0.328 e. The molecule has 0 bridgehead atoms. The second-order valence-electron chi connectivity index (χ2n) is 2.48. The minimum Gasteiger partial charge on any atom is -0.478 e. The zero-order valence-electron chi connectivity index (χ0n) is 6.87. The van der Waals surface area contributed by atoms with Crippen LogP contribution in [0.25, 0.3) is 0 Å². The third-order valence-electron chi connectivity index (χ3n) is 1.76. The SMILES string of the molecule is CCC(O)(C=CC(=O)O)CC. The molecule has 0 saturated heterocycles. The average Bonchev–Trinajstić information content (AvgIpc) is 2.00. The molecule has 0 aliphatic rings. The lowest BCUT2D eigenvalue weighted by Gasteiger charge is -2.19. The van der Waals surface area contributed by atoms with Crippen LogP contribution in [-0.2, 0) is 4.79 Å². The van der Waals surface area contributed by atoms with Crippen molar-refractivity contribution in [2.75, 3.05) is 0 Å². The Kier molecular flexibility index (Phi) is 3.82. The molecular formula is C8H14O3. The first-order chi connectivity index (χ1) is 5.04. The third kappa shape index (κ3) is 3.78. The summed E-state index contributed by atoms with van der Waals surface area (Å²) < 4.78 is 0. The lowest BCUT2D eigenvalue weighted by Crippen LogP contribution is -2.23. The van der Waals surface area contributed by atoms with Crippen LogP contribution in [0, 0.1) is 0 Å². The third-order valence-corrected chi connectivity index (χ3v) is 1.76. The molecule has 0 amide bonds. The van der Waals surface area contributed by atoms with Gasteiger partial charge in [0.15, 0.2) is 0 Å². The summed E-state index contributed by atoms with van der Waals surface area (Å²) >= 11 is 0. The maximum atomic E-state index is 10.1. The standard InChI is InChI=1S/C8H14O3/c1-3-8(11,4-2)6-5-7(9)10/h5-6,11H,3-4H2,1-2H3,(H,9,10). The summed E-state index contributed by atoms with van der Waals surface area (Å²) in [5, 5.41) is 17.8. The lowest BCUT2D eigenvalue weighted by molar-refractivity contribution is -0.131. The molecule has 0 atom stereocenters. The van der Waals surface area contributed by atoms with Crippen LogP contribution in [0.1, 0.15) is 26.7 Å². The van der Waals surface area contributed by atoms with E-state index in [1.807, 2.05) is 13.8 Å². The normalized spacial score (nSPS) is 12.3. The van der Waals surface area contributed by atoms with E-state index in [9.17, 15) is 9.90 Å². The summed E-state index contributed by atoms with van der Waals surface area (Å²) in [5.41, 5.74) is -0.946. The quantitative estimate of drug-likeness (QED) is 0.604. The Labute approximate surface area is 66.4 Å². The summed E-state index contributed by atoms with van der Waals surface area (Å²) in [6.07, 6.45) is 3.38. The van der Waals surface area contributed by atoms with Gasteiger partial charge in [0, 0.05) is 6.08 Å². The van der Waals surface area contributed by atoms with E-state index in [1.54, 1.807) is 0 Å². The highest BCUT2D eigenvalue weighted by atomic mass is 16.4. The molecule has 0 aromatic carbocycles. The molecule has 0 aromatic rings. The second kappa shape index (κ2) is 4.13. The highest BCUT2D eigenvalue weighted by Crippen LogP contribution is 2.15. The van der Waals surface area contributed by atoms with Gasteiger partial charge < -0.3 is 10.2 Å². The maximum Gasteiger partial charge on any atom is 0.328 e. The first-order valence-electron chi connectivity index (χ1n) is 3.68. The number of aliphatic hydroxyl groups is 1. The molecule has 0 heterocycles. The Balaban J connectivity index is 4.17. The molecule has 0 aromatic heterocycles. The number of hydrogen-bond donors (Lipinski definition) is 2. The van der Waals surface area contributed by atoms with E-state index < -0.39 is 11.6 Å². The van der Waals surface area contributed by atoms with Crippen molar-refractivity contribution in [2.45, 2.75) is 32.3 Å². The van der Waals surface area contributed by atoms with Crippen LogP contribution in [0.5, 0.6) is 0 Å². The van der Waals surface area contributed by atoms with Crippen LogP contribution in [0.15, 0.2) is 12.2 Å². The Bertz CT molecular complexity index is 157. The molecule has 0 radical (unpaired) electrons. The molecule has 0 aliphatic heterocycles. The molecule has 11 heavy (non-hydrogen) atoms. The van der Waals surface area contributed by atoms with Gasteiger partial charge in [-0.15, -0.1) is 0 Å². The highest BCUT2D eigenvalue weighted by Gasteiger charge is 2.17. The first-order valence-corrected chi connectivity index (χ1v) is 3.68. The molecule has 2 N–H and O–H groups in total. The lowest BCUT2D eigenvalue weighted by atomic mass is 9.97. The predicted molar refractivity (Wildman–Crippen MR) is 42.3 cm³/mol. The van der Waals surface area contributed by atoms with Gasteiger partial charge in [0.1, 0.15) is 0 Å². The number of carbonyl (C=O) groups is 1. The fourth-order valence-corrected chi connectivity index (χ4v) is 0.712. The number of carboxylic acid groups (broad SMARTS) is 1. The van der Waals surface area contributed by atoms with Crippen molar-refractivity contribution in [1.82, 2.24) is 0 Å². The maximum absolute atomic E-state index is 10.1. The highest BCUT2D eigenvalue weighted by molar-refractivity contribution is 5.79. The monoisotopic (exact) mass is 158 g/mol. The van der Waals surface area contributed by atoms with E-state index in [1.165, 1.54) is 6.08 Å². The van der Waals surface area contributed by atoms with Crippen LogP contribution >= 0.6 is 0 Å².